The first-order chi connectivity index (χ1) is 12.0. The number of hydrogen-bond donors (Lipinski definition) is 0. The lowest BCUT2D eigenvalue weighted by atomic mass is 9.89. The van der Waals surface area contributed by atoms with E-state index in [4.69, 9.17) is 0 Å². The maximum Gasteiger partial charge on any atom is 0.536 e. The molecule has 0 saturated heterocycles. The Kier molecular flexibility index (Phi) is 5.32. The highest BCUT2D eigenvalue weighted by Gasteiger charge is 2.61. The third-order valence-electron chi connectivity index (χ3n) is 4.41. The molecule has 0 aromatic heterocycles. The van der Waals surface area contributed by atoms with Gasteiger partial charge >= 0.3 is 5.12 Å². The van der Waals surface area contributed by atoms with Gasteiger partial charge in [-0.2, -0.15) is 4.99 Å². The standard InChI is InChI=1S/C17H24N4O4S/c1-10(2)13-7-14(11(3)4)16(15(8-13)12(5)6)26(24,25)17(21(22)23)18-9-19-20-17/h7-12H,1-6H3. The molecule has 1 aromatic rings. The number of azo groups is 1. The molecular weight excluding hydrogens is 356 g/mol. The van der Waals surface area contributed by atoms with E-state index in [-0.39, 0.29) is 22.6 Å². The van der Waals surface area contributed by atoms with Gasteiger partial charge in [-0.25, -0.2) is 8.42 Å². The lowest BCUT2D eigenvalue weighted by Crippen LogP contribution is -2.42. The minimum Gasteiger partial charge on any atom is -0.259 e. The van der Waals surface area contributed by atoms with Gasteiger partial charge < -0.3 is 0 Å². The van der Waals surface area contributed by atoms with E-state index in [1.165, 1.54) is 0 Å². The Morgan fingerprint density at radius 3 is 1.81 bits per heavy atom. The number of sulfone groups is 1. The lowest BCUT2D eigenvalue weighted by Gasteiger charge is -2.24. The summed E-state index contributed by atoms with van der Waals surface area (Å²) in [6, 6.07) is 3.63. The summed E-state index contributed by atoms with van der Waals surface area (Å²) in [6.07, 6.45) is 0.812. The van der Waals surface area contributed by atoms with E-state index < -0.39 is 19.9 Å². The molecule has 0 fully saturated rings. The maximum absolute atomic E-state index is 13.4. The van der Waals surface area contributed by atoms with Crippen LogP contribution in [0.4, 0.5) is 0 Å². The van der Waals surface area contributed by atoms with E-state index in [9.17, 15) is 18.5 Å². The van der Waals surface area contributed by atoms with Gasteiger partial charge in [0.1, 0.15) is 6.34 Å². The van der Waals surface area contributed by atoms with Crippen LogP contribution in [0.2, 0.25) is 0 Å². The minimum atomic E-state index is -4.55. The molecule has 0 amide bonds. The lowest BCUT2D eigenvalue weighted by molar-refractivity contribution is -0.536. The number of hydrogen-bond acceptors (Lipinski definition) is 7. The third kappa shape index (κ3) is 3.04. The van der Waals surface area contributed by atoms with Gasteiger partial charge in [0.25, 0.3) is 9.84 Å². The van der Waals surface area contributed by atoms with Crippen LogP contribution in [0.5, 0.6) is 0 Å². The van der Waals surface area contributed by atoms with Crippen LogP contribution >= 0.6 is 0 Å². The predicted octanol–water partition coefficient (Wildman–Crippen LogP) is 4.21. The van der Waals surface area contributed by atoms with Crippen LogP contribution in [0.15, 0.2) is 32.2 Å². The van der Waals surface area contributed by atoms with Crippen molar-refractivity contribution in [1.29, 1.82) is 0 Å². The highest BCUT2D eigenvalue weighted by molar-refractivity contribution is 7.92. The molecule has 0 bridgehead atoms. The zero-order valence-electron chi connectivity index (χ0n) is 15.8. The first kappa shape index (κ1) is 20.2. The predicted molar refractivity (Wildman–Crippen MR) is 99.0 cm³/mol. The molecule has 0 N–H and O–H groups in total. The fraction of sp³-hybridized carbons (Fsp3) is 0.588. The Labute approximate surface area is 153 Å². The highest BCUT2D eigenvalue weighted by atomic mass is 32.2. The molecule has 0 radical (unpaired) electrons. The van der Waals surface area contributed by atoms with Gasteiger partial charge in [0, 0.05) is 0 Å². The molecule has 2 rings (SSSR count). The van der Waals surface area contributed by atoms with E-state index in [1.54, 1.807) is 0 Å². The molecule has 142 valence electrons. The molecule has 0 saturated carbocycles. The zero-order chi connectivity index (χ0) is 19.9. The van der Waals surface area contributed by atoms with Crippen LogP contribution in [0.1, 0.15) is 76.0 Å². The fourth-order valence-electron chi connectivity index (χ4n) is 2.87. The van der Waals surface area contributed by atoms with Crippen LogP contribution in [0.3, 0.4) is 0 Å². The van der Waals surface area contributed by atoms with Crippen LogP contribution < -0.4 is 0 Å². The molecular formula is C17H24N4O4S. The average molecular weight is 380 g/mol. The second-order valence-corrected chi connectivity index (χ2v) is 9.25. The second kappa shape index (κ2) is 6.86. The zero-order valence-corrected chi connectivity index (χ0v) is 16.6. The Balaban J connectivity index is 2.93. The van der Waals surface area contributed by atoms with Crippen LogP contribution in [-0.4, -0.2) is 24.8 Å². The van der Waals surface area contributed by atoms with Crippen molar-refractivity contribution in [1.82, 2.24) is 0 Å². The fourth-order valence-corrected chi connectivity index (χ4v) is 4.89. The summed E-state index contributed by atoms with van der Waals surface area (Å²) in [6.45, 7) is 11.5. The van der Waals surface area contributed by atoms with Crippen molar-refractivity contribution in [2.24, 2.45) is 15.2 Å². The third-order valence-corrected chi connectivity index (χ3v) is 6.48. The monoisotopic (exact) mass is 380 g/mol. The molecule has 1 heterocycles. The van der Waals surface area contributed by atoms with Crippen LogP contribution in [0.25, 0.3) is 0 Å². The minimum absolute atomic E-state index is 0.0541. The normalized spacial score (nSPS) is 19.9. The van der Waals surface area contributed by atoms with Crippen molar-refractivity contribution in [2.45, 2.75) is 69.3 Å². The van der Waals surface area contributed by atoms with Gasteiger partial charge in [0.05, 0.1) is 9.82 Å². The topological polar surface area (TPSA) is 114 Å². The summed E-state index contributed by atoms with van der Waals surface area (Å²) >= 11 is 0. The first-order valence-electron chi connectivity index (χ1n) is 8.48. The van der Waals surface area contributed by atoms with Crippen LogP contribution in [0, 0.1) is 10.1 Å². The summed E-state index contributed by atoms with van der Waals surface area (Å²) < 4.78 is 26.8. The van der Waals surface area contributed by atoms with Gasteiger partial charge in [-0.05, 0) is 34.4 Å². The van der Waals surface area contributed by atoms with Gasteiger partial charge in [-0.3, -0.25) is 10.1 Å². The smallest absolute Gasteiger partial charge is 0.259 e. The summed E-state index contributed by atoms with van der Waals surface area (Å²) in [4.78, 5) is 14.1. The second-order valence-electron chi connectivity index (χ2n) is 7.29. The summed E-state index contributed by atoms with van der Waals surface area (Å²) in [7, 11) is -4.55. The molecule has 8 nitrogen and oxygen atoms in total. The Morgan fingerprint density at radius 2 is 1.50 bits per heavy atom. The van der Waals surface area contributed by atoms with E-state index in [0.29, 0.717) is 11.1 Å². The van der Waals surface area contributed by atoms with Gasteiger partial charge in [0.15, 0.2) is 0 Å². The summed E-state index contributed by atoms with van der Waals surface area (Å²) in [5.41, 5.74) is 2.07. The van der Waals surface area contributed by atoms with Crippen molar-refractivity contribution < 1.29 is 13.3 Å². The van der Waals surface area contributed by atoms with E-state index in [1.807, 2.05) is 53.7 Å². The van der Waals surface area contributed by atoms with Crippen molar-refractivity contribution in [3.05, 3.63) is 38.9 Å². The van der Waals surface area contributed by atoms with Gasteiger partial charge in [0.2, 0.25) is 0 Å². The molecule has 1 aliphatic rings. The van der Waals surface area contributed by atoms with Crippen molar-refractivity contribution >= 4 is 16.2 Å². The van der Waals surface area contributed by atoms with Gasteiger partial charge in [-0.1, -0.05) is 58.8 Å². The average Bonchev–Trinajstić information content (AvgIpc) is 3.04. The van der Waals surface area contributed by atoms with Crippen molar-refractivity contribution in [2.75, 3.05) is 0 Å². The van der Waals surface area contributed by atoms with E-state index in [0.717, 1.165) is 11.9 Å². The number of benzene rings is 1. The Hall–Kier alpha value is -2.16. The molecule has 1 atom stereocenters. The Morgan fingerprint density at radius 1 is 1.00 bits per heavy atom. The number of nitrogens with zero attached hydrogens (tertiary/aromatic N) is 4. The first-order valence-corrected chi connectivity index (χ1v) is 9.96. The summed E-state index contributed by atoms with van der Waals surface area (Å²) in [5.74, 6) is -0.111. The van der Waals surface area contributed by atoms with Crippen LogP contribution in [-0.2, 0) is 9.84 Å². The summed E-state index contributed by atoms with van der Waals surface area (Å²) in [5, 5.41) is 15.5. The molecule has 9 heteroatoms. The quantitative estimate of drug-likeness (QED) is 0.543. The molecule has 0 aliphatic carbocycles. The van der Waals surface area contributed by atoms with Crippen molar-refractivity contribution in [3.8, 4) is 0 Å². The molecule has 26 heavy (non-hydrogen) atoms. The molecule has 1 unspecified atom stereocenters. The SMILES string of the molecule is CC(C)c1cc(C(C)C)c(S(=O)(=O)C2([N+](=O)[O-])N=CN=N2)c(C(C)C)c1. The molecule has 1 aliphatic heterocycles. The van der Waals surface area contributed by atoms with Gasteiger partial charge in [-0.15, -0.1) is 5.11 Å². The number of nitro groups is 1. The van der Waals surface area contributed by atoms with E-state index >= 15 is 0 Å². The Bertz CT molecular complexity index is 845. The molecule has 0 spiro atoms. The number of aliphatic imine (C=N–C) groups is 1. The maximum atomic E-state index is 13.4. The largest absolute Gasteiger partial charge is 0.536 e. The number of rotatable bonds is 6. The highest BCUT2D eigenvalue weighted by Crippen LogP contribution is 2.41. The van der Waals surface area contributed by atoms with E-state index in [2.05, 4.69) is 15.2 Å². The van der Waals surface area contributed by atoms with Crippen molar-refractivity contribution in [3.63, 3.8) is 0 Å². The molecule has 1 aromatic carbocycles.